The molecule has 1 aromatic carbocycles. The van der Waals surface area contributed by atoms with E-state index >= 15 is 0 Å². The number of rotatable bonds is 4. The van der Waals surface area contributed by atoms with Crippen LogP contribution >= 0.6 is 0 Å². The Labute approximate surface area is 112 Å². The summed E-state index contributed by atoms with van der Waals surface area (Å²) in [6.07, 6.45) is 1.82. The first-order valence-corrected chi connectivity index (χ1v) is 7.35. The Balaban J connectivity index is 2.25. The number of benzene rings is 1. The van der Waals surface area contributed by atoms with Gasteiger partial charge >= 0.3 is 5.97 Å². The lowest BCUT2D eigenvalue weighted by Crippen LogP contribution is -2.44. The van der Waals surface area contributed by atoms with Gasteiger partial charge in [0.2, 0.25) is 10.0 Å². The van der Waals surface area contributed by atoms with Gasteiger partial charge in [-0.1, -0.05) is 36.4 Å². The maximum absolute atomic E-state index is 11.8. The van der Waals surface area contributed by atoms with Gasteiger partial charge in [-0.15, -0.1) is 0 Å². The Kier molecular flexibility index (Phi) is 4.01. The van der Waals surface area contributed by atoms with E-state index in [1.165, 1.54) is 13.2 Å². The van der Waals surface area contributed by atoms with Crippen LogP contribution in [-0.4, -0.2) is 38.4 Å². The highest BCUT2D eigenvalue weighted by Crippen LogP contribution is 2.19. The van der Waals surface area contributed by atoms with Crippen molar-refractivity contribution < 1.29 is 17.9 Å². The highest BCUT2D eigenvalue weighted by Gasteiger charge is 2.36. The lowest BCUT2D eigenvalue weighted by Gasteiger charge is -2.24. The van der Waals surface area contributed by atoms with Crippen LogP contribution in [0, 0.1) is 0 Å². The van der Waals surface area contributed by atoms with Crippen molar-refractivity contribution in [3.8, 4) is 0 Å². The summed E-state index contributed by atoms with van der Waals surface area (Å²) in [6, 6.07) is 8.44. The average molecular weight is 281 g/mol. The number of hydrogen-bond acceptors (Lipinski definition) is 4. The summed E-state index contributed by atoms with van der Waals surface area (Å²) in [5.74, 6) is -0.545. The quantitative estimate of drug-likeness (QED) is 0.770. The SMILES string of the molecule is COC(=O)[C@H](Cc1ccccc1)N1CC=CS1(=O)=O. The Morgan fingerprint density at radius 1 is 1.37 bits per heavy atom. The van der Waals surface area contributed by atoms with E-state index < -0.39 is 22.0 Å². The van der Waals surface area contributed by atoms with Gasteiger partial charge in [-0.25, -0.2) is 8.42 Å². The number of carbonyl (C=O) groups excluding carboxylic acids is 1. The molecule has 0 fully saturated rings. The Morgan fingerprint density at radius 3 is 2.58 bits per heavy atom. The molecule has 0 amide bonds. The second-order valence-electron chi connectivity index (χ2n) is 4.22. The third-order valence-corrected chi connectivity index (χ3v) is 4.57. The second-order valence-corrected chi connectivity index (χ2v) is 5.99. The summed E-state index contributed by atoms with van der Waals surface area (Å²) in [5, 5.41) is 1.12. The monoisotopic (exact) mass is 281 g/mol. The molecule has 1 aliphatic heterocycles. The molecule has 0 aromatic heterocycles. The zero-order valence-electron chi connectivity index (χ0n) is 10.5. The van der Waals surface area contributed by atoms with Crippen LogP contribution in [0.2, 0.25) is 0 Å². The van der Waals surface area contributed by atoms with Gasteiger partial charge in [0.25, 0.3) is 0 Å². The number of methoxy groups -OCH3 is 1. The van der Waals surface area contributed by atoms with Gasteiger partial charge in [0.15, 0.2) is 0 Å². The topological polar surface area (TPSA) is 63.7 Å². The molecule has 1 heterocycles. The molecule has 1 aliphatic rings. The van der Waals surface area contributed by atoms with Crippen LogP contribution in [0.3, 0.4) is 0 Å². The van der Waals surface area contributed by atoms with E-state index in [-0.39, 0.29) is 6.54 Å². The van der Waals surface area contributed by atoms with Crippen LogP contribution < -0.4 is 0 Å². The highest BCUT2D eigenvalue weighted by atomic mass is 32.2. The van der Waals surface area contributed by atoms with E-state index in [0.29, 0.717) is 6.42 Å². The van der Waals surface area contributed by atoms with Crippen molar-refractivity contribution in [3.05, 3.63) is 47.4 Å². The number of hydrogen-bond donors (Lipinski definition) is 0. The standard InChI is InChI=1S/C13H15NO4S/c1-18-13(15)12(10-11-6-3-2-4-7-11)14-8-5-9-19(14,16)17/h2-7,9,12H,8,10H2,1H3/t12-/m0/s1. The molecule has 2 rings (SSSR count). The Bertz CT molecular complexity index is 580. The molecule has 0 N–H and O–H groups in total. The van der Waals surface area contributed by atoms with E-state index in [2.05, 4.69) is 0 Å². The number of nitrogens with zero attached hydrogens (tertiary/aromatic N) is 1. The maximum Gasteiger partial charge on any atom is 0.324 e. The molecule has 0 spiro atoms. The molecule has 6 heteroatoms. The lowest BCUT2D eigenvalue weighted by molar-refractivity contribution is -0.145. The molecule has 0 saturated heterocycles. The van der Waals surface area contributed by atoms with Crippen molar-refractivity contribution in [2.45, 2.75) is 12.5 Å². The van der Waals surface area contributed by atoms with Gasteiger partial charge < -0.3 is 4.74 Å². The van der Waals surface area contributed by atoms with Crippen LogP contribution in [0.25, 0.3) is 0 Å². The van der Waals surface area contributed by atoms with Gasteiger partial charge in [0.1, 0.15) is 6.04 Å². The molecular formula is C13H15NO4S. The van der Waals surface area contributed by atoms with Gasteiger partial charge in [-0.3, -0.25) is 4.79 Å². The predicted octanol–water partition coefficient (Wildman–Crippen LogP) is 0.930. The number of sulfonamides is 1. The third kappa shape index (κ3) is 3.02. The number of ether oxygens (including phenoxy) is 1. The minimum absolute atomic E-state index is 0.203. The van der Waals surface area contributed by atoms with Crippen molar-refractivity contribution in [1.82, 2.24) is 4.31 Å². The molecule has 1 aromatic rings. The molecule has 1 atom stereocenters. The second kappa shape index (κ2) is 5.54. The van der Waals surface area contributed by atoms with Crippen LogP contribution in [0.4, 0.5) is 0 Å². The average Bonchev–Trinajstić information content (AvgIpc) is 2.76. The molecule has 0 aliphatic carbocycles. The van der Waals surface area contributed by atoms with E-state index in [1.54, 1.807) is 0 Å². The summed E-state index contributed by atoms with van der Waals surface area (Å²) < 4.78 is 29.6. The summed E-state index contributed by atoms with van der Waals surface area (Å²) >= 11 is 0. The molecule has 102 valence electrons. The minimum Gasteiger partial charge on any atom is -0.468 e. The van der Waals surface area contributed by atoms with Crippen molar-refractivity contribution in [2.75, 3.05) is 13.7 Å². The number of esters is 1. The predicted molar refractivity (Wildman–Crippen MR) is 70.7 cm³/mol. The summed E-state index contributed by atoms with van der Waals surface area (Å²) in [7, 11) is -2.25. The Hall–Kier alpha value is -1.66. The van der Waals surface area contributed by atoms with Crippen LogP contribution in [0.15, 0.2) is 41.8 Å². The van der Waals surface area contributed by atoms with Crippen molar-refractivity contribution >= 4 is 16.0 Å². The molecule has 0 radical (unpaired) electrons. The van der Waals surface area contributed by atoms with Crippen LogP contribution in [-0.2, 0) is 26.0 Å². The molecular weight excluding hydrogens is 266 g/mol. The summed E-state index contributed by atoms with van der Waals surface area (Å²) in [6.45, 7) is 0.203. The molecule has 0 bridgehead atoms. The highest BCUT2D eigenvalue weighted by molar-refractivity contribution is 7.92. The van der Waals surface area contributed by atoms with Gasteiger partial charge in [0, 0.05) is 12.0 Å². The van der Waals surface area contributed by atoms with Crippen molar-refractivity contribution in [1.29, 1.82) is 0 Å². The van der Waals surface area contributed by atoms with Gasteiger partial charge in [0.05, 0.1) is 7.11 Å². The molecule has 19 heavy (non-hydrogen) atoms. The smallest absolute Gasteiger partial charge is 0.324 e. The zero-order chi connectivity index (χ0) is 13.9. The first kappa shape index (κ1) is 13.8. The van der Waals surface area contributed by atoms with Crippen LogP contribution in [0.1, 0.15) is 5.56 Å². The molecule has 5 nitrogen and oxygen atoms in total. The van der Waals surface area contributed by atoms with E-state index in [0.717, 1.165) is 15.3 Å². The van der Waals surface area contributed by atoms with E-state index in [9.17, 15) is 13.2 Å². The van der Waals surface area contributed by atoms with Crippen LogP contribution in [0.5, 0.6) is 0 Å². The van der Waals surface area contributed by atoms with Crippen molar-refractivity contribution in [2.24, 2.45) is 0 Å². The fourth-order valence-corrected chi connectivity index (χ4v) is 3.33. The number of carbonyl (C=O) groups is 1. The lowest BCUT2D eigenvalue weighted by atomic mass is 10.1. The van der Waals surface area contributed by atoms with Crippen molar-refractivity contribution in [3.63, 3.8) is 0 Å². The summed E-state index contributed by atoms with van der Waals surface area (Å²) in [4.78, 5) is 11.8. The largest absolute Gasteiger partial charge is 0.468 e. The fourth-order valence-electron chi connectivity index (χ4n) is 2.03. The first-order valence-electron chi connectivity index (χ1n) is 5.85. The van der Waals surface area contributed by atoms with E-state index in [1.807, 2.05) is 30.3 Å². The maximum atomic E-state index is 11.8. The third-order valence-electron chi connectivity index (χ3n) is 2.97. The minimum atomic E-state index is -3.51. The zero-order valence-corrected chi connectivity index (χ0v) is 11.3. The fraction of sp³-hybridized carbons (Fsp3) is 0.308. The molecule has 0 saturated carbocycles. The normalized spacial score (nSPS) is 19.2. The summed E-state index contributed by atoms with van der Waals surface area (Å²) in [5.41, 5.74) is 0.889. The van der Waals surface area contributed by atoms with Gasteiger partial charge in [-0.05, 0) is 12.0 Å². The first-order chi connectivity index (χ1) is 9.04. The molecule has 0 unspecified atom stereocenters. The Morgan fingerprint density at radius 2 is 2.05 bits per heavy atom. The van der Waals surface area contributed by atoms with E-state index in [4.69, 9.17) is 4.74 Å². The van der Waals surface area contributed by atoms with Gasteiger partial charge in [-0.2, -0.15) is 4.31 Å².